The number of nitrogens with zero attached hydrogens (tertiary/aromatic N) is 4. The molecule has 0 atom stereocenters. The van der Waals surface area contributed by atoms with E-state index in [1.807, 2.05) is 13.8 Å². The zero-order valence-corrected chi connectivity index (χ0v) is 13.6. The Bertz CT molecular complexity index is 853. The minimum absolute atomic E-state index is 1.19. The smallest absolute Gasteiger partial charge is 0.229 e. The van der Waals surface area contributed by atoms with Crippen molar-refractivity contribution >= 4 is 22.1 Å². The Morgan fingerprint density at radius 3 is 1.41 bits per heavy atom. The van der Waals surface area contributed by atoms with Crippen molar-refractivity contribution < 1.29 is 9.13 Å². The fourth-order valence-electron chi connectivity index (χ4n) is 2.83. The van der Waals surface area contributed by atoms with Crippen LogP contribution in [0.15, 0.2) is 61.2 Å². The summed E-state index contributed by atoms with van der Waals surface area (Å²) in [4.78, 5) is 0. The van der Waals surface area contributed by atoms with Gasteiger partial charge in [0.15, 0.2) is 11.0 Å². The summed E-state index contributed by atoms with van der Waals surface area (Å²) in [5.41, 5.74) is 4.81. The van der Waals surface area contributed by atoms with E-state index >= 15 is 0 Å². The number of aromatic nitrogens is 4. The highest BCUT2D eigenvalue weighted by Gasteiger charge is 2.22. The monoisotopic (exact) mass is 294 g/mol. The van der Waals surface area contributed by atoms with Crippen LogP contribution in [0.25, 0.3) is 22.1 Å². The second-order valence-electron chi connectivity index (χ2n) is 5.12. The van der Waals surface area contributed by atoms with Gasteiger partial charge < -0.3 is 0 Å². The molecule has 0 radical (unpaired) electrons. The van der Waals surface area contributed by atoms with Gasteiger partial charge in [-0.3, -0.25) is 0 Å². The molecular formula is C18H22N4+2. The molecule has 22 heavy (non-hydrogen) atoms. The van der Waals surface area contributed by atoms with Crippen molar-refractivity contribution in [2.45, 2.75) is 13.8 Å². The molecule has 4 heteroatoms. The molecule has 2 aromatic carbocycles. The van der Waals surface area contributed by atoms with E-state index in [1.165, 1.54) is 22.1 Å². The highest BCUT2D eigenvalue weighted by atomic mass is 15.5. The molecule has 112 valence electrons. The number of hydrogen-bond donors (Lipinski definition) is 0. The van der Waals surface area contributed by atoms with Crippen LogP contribution in [0, 0.1) is 0 Å². The lowest BCUT2D eigenvalue weighted by atomic mass is 10.3. The summed E-state index contributed by atoms with van der Waals surface area (Å²) >= 11 is 0. The Morgan fingerprint density at radius 2 is 1.00 bits per heavy atom. The van der Waals surface area contributed by atoms with Gasteiger partial charge in [0.05, 0.1) is 14.1 Å². The lowest BCUT2D eigenvalue weighted by Gasteiger charge is -1.91. The van der Waals surface area contributed by atoms with Crippen LogP contribution in [0.2, 0.25) is 0 Å². The van der Waals surface area contributed by atoms with Crippen LogP contribution >= 0.6 is 0 Å². The van der Waals surface area contributed by atoms with Gasteiger partial charge in [-0.15, -0.1) is 0 Å². The number of hydrogen-bond acceptors (Lipinski definition) is 0. The fourth-order valence-corrected chi connectivity index (χ4v) is 2.83. The third-order valence-corrected chi connectivity index (χ3v) is 3.81. The lowest BCUT2D eigenvalue weighted by Crippen LogP contribution is -2.27. The van der Waals surface area contributed by atoms with Crippen LogP contribution in [-0.2, 0) is 14.1 Å². The molecule has 0 N–H and O–H groups in total. The second kappa shape index (κ2) is 5.64. The molecule has 0 spiro atoms. The Morgan fingerprint density at radius 1 is 0.636 bits per heavy atom. The highest BCUT2D eigenvalue weighted by Crippen LogP contribution is 2.15. The summed E-state index contributed by atoms with van der Waals surface area (Å²) < 4.78 is 8.64. The average Bonchev–Trinajstić information content (AvgIpc) is 3.08. The lowest BCUT2D eigenvalue weighted by molar-refractivity contribution is -0.649. The molecule has 0 saturated heterocycles. The molecule has 4 nitrogen and oxygen atoms in total. The van der Waals surface area contributed by atoms with Gasteiger partial charge in [0, 0.05) is 0 Å². The van der Waals surface area contributed by atoms with Crippen molar-refractivity contribution in [1.82, 2.24) is 9.35 Å². The van der Waals surface area contributed by atoms with Crippen molar-refractivity contribution in [3.63, 3.8) is 0 Å². The van der Waals surface area contributed by atoms with E-state index in [4.69, 9.17) is 0 Å². The highest BCUT2D eigenvalue weighted by molar-refractivity contribution is 5.75. The number of aryl methyl sites for hydroxylation is 2. The van der Waals surface area contributed by atoms with Crippen LogP contribution in [-0.4, -0.2) is 9.35 Å². The van der Waals surface area contributed by atoms with Gasteiger partial charge in [0.25, 0.3) is 12.7 Å². The molecule has 0 aliphatic heterocycles. The zero-order valence-electron chi connectivity index (χ0n) is 13.6. The van der Waals surface area contributed by atoms with Crippen LogP contribution in [0.3, 0.4) is 0 Å². The molecule has 0 aliphatic carbocycles. The number of imidazole rings is 2. The Hall–Kier alpha value is -2.62. The molecule has 0 saturated carbocycles. The van der Waals surface area contributed by atoms with Gasteiger partial charge in [-0.05, 0) is 33.6 Å². The molecule has 4 rings (SSSR count). The Balaban J connectivity index is 0.000000693. The number of fused-ring (bicyclic) bond motifs is 2. The van der Waals surface area contributed by atoms with Crippen molar-refractivity contribution in [3.8, 4) is 0 Å². The average molecular weight is 294 g/mol. The molecule has 0 aliphatic rings. The van der Waals surface area contributed by atoms with E-state index in [0.717, 1.165) is 0 Å². The van der Waals surface area contributed by atoms with E-state index in [1.54, 1.807) is 0 Å². The van der Waals surface area contributed by atoms with Crippen molar-refractivity contribution in [1.29, 1.82) is 0 Å². The van der Waals surface area contributed by atoms with E-state index < -0.39 is 0 Å². The Labute approximate surface area is 130 Å². The van der Waals surface area contributed by atoms with Crippen molar-refractivity contribution in [2.24, 2.45) is 14.1 Å². The largest absolute Gasteiger partial charge is 0.287 e. The first kappa shape index (κ1) is 14.3. The standard InChI is InChI=1S/C16H16N4.C2H6/c1-17-11-19(15-9-5-3-7-13(15)17)20-12-18(2)14-8-4-6-10-16(14)20;1-2/h3-12H,1-2H3;1-2H3/q+2;. The summed E-state index contributed by atoms with van der Waals surface area (Å²) in [6.07, 6.45) is 4.22. The van der Waals surface area contributed by atoms with Crippen LogP contribution in [0.1, 0.15) is 13.8 Å². The molecule has 4 aromatic rings. The number of rotatable bonds is 1. The first-order chi connectivity index (χ1) is 10.8. The first-order valence-corrected chi connectivity index (χ1v) is 7.68. The Kier molecular flexibility index (Phi) is 3.67. The fraction of sp³-hybridized carbons (Fsp3) is 0.222. The van der Waals surface area contributed by atoms with Crippen molar-refractivity contribution in [2.75, 3.05) is 0 Å². The maximum atomic E-state index is 2.18. The molecule has 0 bridgehead atoms. The normalized spacial score (nSPS) is 10.7. The summed E-state index contributed by atoms with van der Waals surface area (Å²) in [6, 6.07) is 16.8. The zero-order chi connectivity index (χ0) is 15.7. The van der Waals surface area contributed by atoms with Gasteiger partial charge in [-0.25, -0.2) is 9.13 Å². The number of para-hydroxylation sites is 4. The second-order valence-corrected chi connectivity index (χ2v) is 5.12. The summed E-state index contributed by atoms with van der Waals surface area (Å²) in [6.45, 7) is 4.00. The topological polar surface area (TPSA) is 17.6 Å². The third kappa shape index (κ3) is 2.08. The van der Waals surface area contributed by atoms with E-state index in [9.17, 15) is 0 Å². The molecular weight excluding hydrogens is 272 g/mol. The summed E-state index contributed by atoms with van der Waals surface area (Å²) in [5, 5.41) is 0. The molecule has 2 aromatic heterocycles. The van der Waals surface area contributed by atoms with Crippen molar-refractivity contribution in [3.05, 3.63) is 61.2 Å². The minimum Gasteiger partial charge on any atom is -0.229 e. The van der Waals surface area contributed by atoms with E-state index in [-0.39, 0.29) is 0 Å². The minimum atomic E-state index is 1.19. The predicted octanol–water partition coefficient (Wildman–Crippen LogP) is 2.58. The summed E-state index contributed by atoms with van der Waals surface area (Å²) in [7, 11) is 4.15. The molecule has 0 unspecified atom stereocenters. The molecule has 2 heterocycles. The van der Waals surface area contributed by atoms with Gasteiger partial charge in [0.1, 0.15) is 0 Å². The van der Waals surface area contributed by atoms with Crippen LogP contribution in [0.5, 0.6) is 0 Å². The van der Waals surface area contributed by atoms with E-state index in [0.29, 0.717) is 0 Å². The van der Waals surface area contributed by atoms with Gasteiger partial charge in [-0.1, -0.05) is 38.1 Å². The first-order valence-electron chi connectivity index (χ1n) is 7.68. The third-order valence-electron chi connectivity index (χ3n) is 3.81. The maximum absolute atomic E-state index is 2.18. The van der Waals surface area contributed by atoms with Gasteiger partial charge >= 0.3 is 0 Å². The number of benzene rings is 2. The van der Waals surface area contributed by atoms with Crippen LogP contribution in [0.4, 0.5) is 0 Å². The maximum Gasteiger partial charge on any atom is 0.287 e. The van der Waals surface area contributed by atoms with Gasteiger partial charge in [-0.2, -0.15) is 0 Å². The van der Waals surface area contributed by atoms with Gasteiger partial charge in [0.2, 0.25) is 11.0 Å². The quantitative estimate of drug-likeness (QED) is 0.480. The van der Waals surface area contributed by atoms with Crippen LogP contribution < -0.4 is 9.13 Å². The predicted molar refractivity (Wildman–Crippen MR) is 88.4 cm³/mol. The molecule has 0 fully saturated rings. The van der Waals surface area contributed by atoms with E-state index in [2.05, 4.69) is 93.8 Å². The summed E-state index contributed by atoms with van der Waals surface area (Å²) in [5.74, 6) is 0. The molecule has 0 amide bonds. The SMILES string of the molecule is CC.C[n+]1cn(-n2c[n+](C)c3ccccc32)c2ccccc21.